The van der Waals surface area contributed by atoms with Crippen molar-refractivity contribution < 1.29 is 9.59 Å². The first-order chi connectivity index (χ1) is 14.3. The van der Waals surface area contributed by atoms with Gasteiger partial charge in [0.05, 0.1) is 0 Å². The van der Waals surface area contributed by atoms with Gasteiger partial charge in [0.15, 0.2) is 5.82 Å². The highest BCUT2D eigenvalue weighted by Gasteiger charge is 2.30. The number of hydrogen-bond donors (Lipinski definition) is 1. The van der Waals surface area contributed by atoms with Crippen molar-refractivity contribution in [1.82, 2.24) is 29.6 Å². The largest absolute Gasteiger partial charge is 0.332 e. The fraction of sp³-hybridized carbons (Fsp3) is 0.333. The average molecular weight is 405 g/mol. The van der Waals surface area contributed by atoms with Crippen LogP contribution < -0.4 is 5.32 Å². The van der Waals surface area contributed by atoms with Gasteiger partial charge in [-0.15, -0.1) is 10.2 Å². The van der Waals surface area contributed by atoms with E-state index < -0.39 is 5.91 Å². The minimum Gasteiger partial charge on any atom is -0.332 e. The lowest BCUT2D eigenvalue weighted by Gasteiger charge is -2.19. The van der Waals surface area contributed by atoms with Gasteiger partial charge in [0.25, 0.3) is 11.8 Å². The summed E-state index contributed by atoms with van der Waals surface area (Å²) in [5.41, 5.74) is 2.13. The standard InChI is InChI=1S/C21H23N7O2/c1-12(2)27-10-14-9-22-17(8-15(14)21(27)30)20(29)25-18-7-5-6-16(24-18)19-26-23-11-28(19)13(3)4/h5-9,11-13H,10H2,1-4H3,(H,24,25,29). The van der Waals surface area contributed by atoms with Crippen molar-refractivity contribution in [2.45, 2.75) is 46.3 Å². The second kappa shape index (κ2) is 7.66. The molecule has 30 heavy (non-hydrogen) atoms. The number of amides is 2. The van der Waals surface area contributed by atoms with Crippen LogP contribution in [0.4, 0.5) is 5.82 Å². The summed E-state index contributed by atoms with van der Waals surface area (Å²) in [5.74, 6) is 0.484. The molecule has 9 nitrogen and oxygen atoms in total. The van der Waals surface area contributed by atoms with Crippen LogP contribution in [0.3, 0.4) is 0 Å². The summed E-state index contributed by atoms with van der Waals surface area (Å²) in [5, 5.41) is 10.8. The Morgan fingerprint density at radius 2 is 1.97 bits per heavy atom. The Labute approximate surface area is 174 Å². The van der Waals surface area contributed by atoms with E-state index >= 15 is 0 Å². The lowest BCUT2D eigenvalue weighted by atomic mass is 10.1. The number of aromatic nitrogens is 5. The summed E-state index contributed by atoms with van der Waals surface area (Å²) in [6.07, 6.45) is 3.25. The van der Waals surface area contributed by atoms with E-state index in [-0.39, 0.29) is 23.7 Å². The summed E-state index contributed by atoms with van der Waals surface area (Å²) >= 11 is 0. The van der Waals surface area contributed by atoms with Crippen molar-refractivity contribution in [3.63, 3.8) is 0 Å². The zero-order valence-electron chi connectivity index (χ0n) is 17.3. The summed E-state index contributed by atoms with van der Waals surface area (Å²) in [6, 6.07) is 7.10. The lowest BCUT2D eigenvalue weighted by molar-refractivity contribution is 0.0730. The number of carbonyl (C=O) groups is 2. The molecule has 9 heteroatoms. The van der Waals surface area contributed by atoms with Crippen molar-refractivity contribution in [2.24, 2.45) is 0 Å². The zero-order valence-corrected chi connectivity index (χ0v) is 17.3. The van der Waals surface area contributed by atoms with E-state index in [9.17, 15) is 9.59 Å². The Morgan fingerprint density at radius 3 is 2.70 bits per heavy atom. The molecule has 0 fully saturated rings. The molecule has 154 valence electrons. The molecular formula is C21H23N7O2. The molecule has 0 aliphatic carbocycles. The lowest BCUT2D eigenvalue weighted by Crippen LogP contribution is -2.30. The molecule has 0 radical (unpaired) electrons. The second-order valence-electron chi connectivity index (χ2n) is 7.77. The number of anilines is 1. The number of hydrogen-bond acceptors (Lipinski definition) is 6. The van der Waals surface area contributed by atoms with Gasteiger partial charge >= 0.3 is 0 Å². The first-order valence-electron chi connectivity index (χ1n) is 9.83. The second-order valence-corrected chi connectivity index (χ2v) is 7.77. The van der Waals surface area contributed by atoms with E-state index in [1.165, 1.54) is 0 Å². The van der Waals surface area contributed by atoms with Gasteiger partial charge in [-0.3, -0.25) is 14.6 Å². The molecule has 3 aromatic rings. The first kappa shape index (κ1) is 19.7. The maximum atomic E-state index is 12.7. The van der Waals surface area contributed by atoms with E-state index in [4.69, 9.17) is 0 Å². The van der Waals surface area contributed by atoms with Gasteiger partial charge in [0.1, 0.15) is 23.5 Å². The predicted octanol–water partition coefficient (Wildman–Crippen LogP) is 2.93. The normalized spacial score (nSPS) is 13.3. The number of pyridine rings is 2. The van der Waals surface area contributed by atoms with Gasteiger partial charge in [-0.2, -0.15) is 0 Å². The SMILES string of the molecule is CC(C)N1Cc2cnc(C(=O)Nc3cccc(-c4nncn4C(C)C)n3)cc2C1=O. The molecule has 0 spiro atoms. The predicted molar refractivity (Wildman–Crippen MR) is 111 cm³/mol. The molecule has 1 N–H and O–H groups in total. The van der Waals surface area contributed by atoms with Crippen LogP contribution in [0.2, 0.25) is 0 Å². The highest BCUT2D eigenvalue weighted by atomic mass is 16.2. The molecule has 0 saturated heterocycles. The summed E-state index contributed by atoms with van der Waals surface area (Å²) in [4.78, 5) is 35.8. The maximum absolute atomic E-state index is 12.7. The number of rotatable bonds is 5. The van der Waals surface area contributed by atoms with Gasteiger partial charge in [-0.1, -0.05) is 6.07 Å². The number of nitrogens with one attached hydrogen (secondary N) is 1. The molecule has 0 saturated carbocycles. The Kier molecular flexibility index (Phi) is 5.03. The number of carbonyl (C=O) groups excluding carboxylic acids is 2. The van der Waals surface area contributed by atoms with Crippen molar-refractivity contribution in [2.75, 3.05) is 5.32 Å². The summed E-state index contributed by atoms with van der Waals surface area (Å²) < 4.78 is 1.90. The maximum Gasteiger partial charge on any atom is 0.275 e. The van der Waals surface area contributed by atoms with Crippen LogP contribution in [0.15, 0.2) is 36.8 Å². The van der Waals surface area contributed by atoms with E-state index in [2.05, 4.69) is 25.5 Å². The third-order valence-corrected chi connectivity index (χ3v) is 5.02. The average Bonchev–Trinajstić information content (AvgIpc) is 3.33. The fourth-order valence-corrected chi connectivity index (χ4v) is 3.37. The minimum atomic E-state index is -0.427. The fourth-order valence-electron chi connectivity index (χ4n) is 3.37. The van der Waals surface area contributed by atoms with Gasteiger partial charge in [0.2, 0.25) is 0 Å². The molecule has 0 aromatic carbocycles. The van der Waals surface area contributed by atoms with Gasteiger partial charge in [-0.05, 0) is 45.9 Å². The Hall–Kier alpha value is -3.62. The Morgan fingerprint density at radius 1 is 1.17 bits per heavy atom. The molecule has 2 amide bonds. The van der Waals surface area contributed by atoms with Crippen LogP contribution in [0.1, 0.15) is 60.1 Å². The quantitative estimate of drug-likeness (QED) is 0.700. The van der Waals surface area contributed by atoms with E-state index in [1.807, 2.05) is 38.3 Å². The monoisotopic (exact) mass is 405 g/mol. The van der Waals surface area contributed by atoms with Crippen LogP contribution in [-0.4, -0.2) is 47.5 Å². The molecule has 4 heterocycles. The first-order valence-corrected chi connectivity index (χ1v) is 9.83. The van der Waals surface area contributed by atoms with Crippen LogP contribution in [0.5, 0.6) is 0 Å². The third kappa shape index (κ3) is 3.54. The van der Waals surface area contributed by atoms with Crippen LogP contribution >= 0.6 is 0 Å². The van der Waals surface area contributed by atoms with Gasteiger partial charge in [-0.25, -0.2) is 4.98 Å². The number of nitrogens with zero attached hydrogens (tertiary/aromatic N) is 6. The summed E-state index contributed by atoms with van der Waals surface area (Å²) in [7, 11) is 0. The Bertz CT molecular complexity index is 1120. The molecule has 3 aromatic heterocycles. The summed E-state index contributed by atoms with van der Waals surface area (Å²) in [6.45, 7) is 8.49. The van der Waals surface area contributed by atoms with E-state index in [1.54, 1.807) is 35.6 Å². The van der Waals surface area contributed by atoms with E-state index in [0.29, 0.717) is 29.4 Å². The van der Waals surface area contributed by atoms with E-state index in [0.717, 1.165) is 5.56 Å². The smallest absolute Gasteiger partial charge is 0.275 e. The molecule has 1 aliphatic heterocycles. The van der Waals surface area contributed by atoms with Crippen LogP contribution in [0.25, 0.3) is 11.5 Å². The third-order valence-electron chi connectivity index (χ3n) is 5.02. The highest BCUT2D eigenvalue weighted by Crippen LogP contribution is 2.25. The number of fused-ring (bicyclic) bond motifs is 1. The molecule has 1 aliphatic rings. The van der Waals surface area contributed by atoms with Crippen molar-refractivity contribution >= 4 is 17.6 Å². The molecule has 4 rings (SSSR count). The molecular weight excluding hydrogens is 382 g/mol. The minimum absolute atomic E-state index is 0.0791. The van der Waals surface area contributed by atoms with Gasteiger partial charge < -0.3 is 14.8 Å². The van der Waals surface area contributed by atoms with Crippen LogP contribution in [0, 0.1) is 0 Å². The molecule has 0 atom stereocenters. The van der Waals surface area contributed by atoms with Crippen LogP contribution in [-0.2, 0) is 6.54 Å². The topological polar surface area (TPSA) is 106 Å². The highest BCUT2D eigenvalue weighted by molar-refractivity contribution is 6.05. The van der Waals surface area contributed by atoms with Gasteiger partial charge in [0, 0.05) is 36.0 Å². The molecule has 0 bridgehead atoms. The molecule has 0 unspecified atom stereocenters. The Balaban J connectivity index is 1.56. The van der Waals surface area contributed by atoms with Crippen molar-refractivity contribution in [3.8, 4) is 11.5 Å². The zero-order chi connectivity index (χ0) is 21.4. The van der Waals surface area contributed by atoms with Crippen molar-refractivity contribution in [1.29, 1.82) is 0 Å². The van der Waals surface area contributed by atoms with Crippen molar-refractivity contribution in [3.05, 3.63) is 53.6 Å².